The highest BCUT2D eigenvalue weighted by molar-refractivity contribution is 7.04. The summed E-state index contributed by atoms with van der Waals surface area (Å²) in [5, 5.41) is 7.76. The first-order valence-electron chi connectivity index (χ1n) is 17.7. The summed E-state index contributed by atoms with van der Waals surface area (Å²) < 4.78 is 6.61. The Morgan fingerprint density at radius 1 is 0.431 bits per heavy atom. The molecule has 1 aliphatic rings. The summed E-state index contributed by atoms with van der Waals surface area (Å²) in [6.45, 7) is 4.96. The fourth-order valence-electron chi connectivity index (χ4n) is 8.30. The van der Waals surface area contributed by atoms with Crippen LogP contribution in [0.25, 0.3) is 66.1 Å². The molecule has 0 unspecified atom stereocenters. The quantitative estimate of drug-likeness (QED) is 0.170. The van der Waals surface area contributed by atoms with Gasteiger partial charge < -0.3 is 9.32 Å². The molecule has 0 fully saturated rings. The number of benzene rings is 8. The molecule has 1 aliphatic heterocycles. The lowest BCUT2D eigenvalue weighted by Gasteiger charge is -2.28. The van der Waals surface area contributed by atoms with Crippen molar-refractivity contribution in [3.63, 3.8) is 0 Å². The Balaban J connectivity index is 1.15. The molecule has 242 valence electrons. The molecule has 2 nitrogen and oxygen atoms in total. The normalized spacial score (nSPS) is 13.1. The molecule has 10 rings (SSSR count). The highest BCUT2D eigenvalue weighted by Gasteiger charge is 2.40. The SMILES string of the molecule is C[Si]1(C)c2cc(N(c3ccc(-c4ccccc4)cc3)c3cccc(-c4cccc5ccccc45)c3)ccc2-c2c1ccc1c2oc2ccccc21. The van der Waals surface area contributed by atoms with E-state index < -0.39 is 8.07 Å². The highest BCUT2D eigenvalue weighted by Crippen LogP contribution is 2.43. The van der Waals surface area contributed by atoms with E-state index >= 15 is 0 Å². The van der Waals surface area contributed by atoms with Gasteiger partial charge in [-0.1, -0.05) is 147 Å². The van der Waals surface area contributed by atoms with Gasteiger partial charge in [0.25, 0.3) is 0 Å². The maximum absolute atomic E-state index is 6.61. The highest BCUT2D eigenvalue weighted by atomic mass is 28.3. The predicted molar refractivity (Wildman–Crippen MR) is 219 cm³/mol. The van der Waals surface area contributed by atoms with Crippen molar-refractivity contribution >= 4 is 68.2 Å². The molecule has 2 heterocycles. The third kappa shape index (κ3) is 4.70. The fourth-order valence-corrected chi connectivity index (χ4v) is 11.4. The first-order chi connectivity index (χ1) is 25.0. The Morgan fingerprint density at radius 3 is 1.96 bits per heavy atom. The standard InChI is InChI=1S/C48H35NOSi/c1-51(2)45-29-28-42-41-19-8-9-21-44(41)50-48(42)47(45)43-27-26-38(31-46(43)51)49(36-24-22-33(23-25-36)32-12-4-3-5-13-32)37-17-10-16-35(30-37)40-20-11-15-34-14-6-7-18-39(34)40/h3-31H,1-2H3. The number of para-hydroxylation sites is 1. The molecule has 0 saturated heterocycles. The second-order valence-corrected chi connectivity index (χ2v) is 18.5. The van der Waals surface area contributed by atoms with Gasteiger partial charge in [0.2, 0.25) is 0 Å². The van der Waals surface area contributed by atoms with E-state index in [1.54, 1.807) is 0 Å². The van der Waals surface area contributed by atoms with Crippen molar-refractivity contribution in [3.8, 4) is 33.4 Å². The number of fused-ring (bicyclic) bond motifs is 8. The lowest BCUT2D eigenvalue weighted by atomic mass is 9.97. The second-order valence-electron chi connectivity index (χ2n) is 14.1. The zero-order chi connectivity index (χ0) is 34.1. The Bertz CT molecular complexity index is 2770. The average molecular weight is 670 g/mol. The molecule has 0 aliphatic carbocycles. The zero-order valence-corrected chi connectivity index (χ0v) is 29.6. The first-order valence-corrected chi connectivity index (χ1v) is 20.7. The smallest absolute Gasteiger partial charge is 0.143 e. The zero-order valence-electron chi connectivity index (χ0n) is 28.6. The van der Waals surface area contributed by atoms with Crippen LogP contribution in [0.15, 0.2) is 180 Å². The summed E-state index contributed by atoms with van der Waals surface area (Å²) in [4.78, 5) is 2.42. The number of anilines is 3. The largest absolute Gasteiger partial charge is 0.455 e. The van der Waals surface area contributed by atoms with Gasteiger partial charge >= 0.3 is 0 Å². The second kappa shape index (κ2) is 11.4. The average Bonchev–Trinajstić information content (AvgIpc) is 3.67. The molecule has 0 amide bonds. The van der Waals surface area contributed by atoms with Crippen LogP contribution in [0, 0.1) is 0 Å². The van der Waals surface area contributed by atoms with Crippen LogP contribution in [0.3, 0.4) is 0 Å². The van der Waals surface area contributed by atoms with Gasteiger partial charge in [-0.25, -0.2) is 0 Å². The molecule has 0 spiro atoms. The molecule has 1 aromatic heterocycles. The summed E-state index contributed by atoms with van der Waals surface area (Å²) in [7, 11) is -2.06. The van der Waals surface area contributed by atoms with Crippen molar-refractivity contribution in [3.05, 3.63) is 176 Å². The van der Waals surface area contributed by atoms with Crippen LogP contribution < -0.4 is 15.3 Å². The Hall–Kier alpha value is -6.16. The maximum Gasteiger partial charge on any atom is 0.143 e. The Morgan fingerprint density at radius 2 is 1.10 bits per heavy atom. The van der Waals surface area contributed by atoms with Gasteiger partial charge in [-0.15, -0.1) is 0 Å². The number of hydrogen-bond acceptors (Lipinski definition) is 2. The molecule has 0 N–H and O–H groups in total. The molecule has 3 heteroatoms. The Labute approximate surface area is 298 Å². The van der Waals surface area contributed by atoms with Crippen LogP contribution in [-0.2, 0) is 0 Å². The number of furan rings is 1. The molecule has 0 atom stereocenters. The van der Waals surface area contributed by atoms with Crippen LogP contribution in [0.2, 0.25) is 13.1 Å². The van der Waals surface area contributed by atoms with Crippen LogP contribution in [0.4, 0.5) is 17.1 Å². The van der Waals surface area contributed by atoms with E-state index in [2.05, 4.69) is 194 Å². The van der Waals surface area contributed by atoms with Gasteiger partial charge in [0.1, 0.15) is 19.2 Å². The van der Waals surface area contributed by atoms with Crippen LogP contribution in [-0.4, -0.2) is 8.07 Å². The minimum Gasteiger partial charge on any atom is -0.455 e. The van der Waals surface area contributed by atoms with Crippen LogP contribution in [0.5, 0.6) is 0 Å². The van der Waals surface area contributed by atoms with E-state index in [0.717, 1.165) is 28.2 Å². The monoisotopic (exact) mass is 669 g/mol. The molecular formula is C48H35NOSi. The molecule has 8 aromatic carbocycles. The number of nitrogens with zero attached hydrogens (tertiary/aromatic N) is 1. The van der Waals surface area contributed by atoms with Gasteiger partial charge in [-0.2, -0.15) is 0 Å². The summed E-state index contributed by atoms with van der Waals surface area (Å²) in [5.41, 5.74) is 12.8. The van der Waals surface area contributed by atoms with E-state index in [9.17, 15) is 0 Å². The van der Waals surface area contributed by atoms with Gasteiger partial charge in [0, 0.05) is 33.4 Å². The predicted octanol–water partition coefficient (Wildman–Crippen LogP) is 12.3. The maximum atomic E-state index is 6.61. The van der Waals surface area contributed by atoms with Crippen molar-refractivity contribution in [2.75, 3.05) is 4.90 Å². The minimum absolute atomic E-state index is 0.946. The van der Waals surface area contributed by atoms with Crippen molar-refractivity contribution in [1.82, 2.24) is 0 Å². The van der Waals surface area contributed by atoms with Crippen molar-refractivity contribution in [2.24, 2.45) is 0 Å². The number of rotatable bonds is 5. The Kier molecular flexibility index (Phi) is 6.67. The summed E-state index contributed by atoms with van der Waals surface area (Å²) in [5.74, 6) is 0. The van der Waals surface area contributed by atoms with Gasteiger partial charge in [0.05, 0.1) is 0 Å². The lowest BCUT2D eigenvalue weighted by Crippen LogP contribution is -2.49. The van der Waals surface area contributed by atoms with Crippen LogP contribution >= 0.6 is 0 Å². The van der Waals surface area contributed by atoms with Gasteiger partial charge in [0.15, 0.2) is 0 Å². The van der Waals surface area contributed by atoms with Crippen LogP contribution in [0.1, 0.15) is 0 Å². The molecule has 0 bridgehead atoms. The van der Waals surface area contributed by atoms with E-state index in [0.29, 0.717) is 0 Å². The molecular weight excluding hydrogens is 635 g/mol. The molecule has 0 saturated carbocycles. The molecule has 0 radical (unpaired) electrons. The van der Waals surface area contributed by atoms with Gasteiger partial charge in [-0.3, -0.25) is 0 Å². The first kappa shape index (κ1) is 29.7. The number of hydrogen-bond donors (Lipinski definition) is 0. The van der Waals surface area contributed by atoms with Crippen molar-refractivity contribution < 1.29 is 4.42 Å². The molecule has 51 heavy (non-hydrogen) atoms. The fraction of sp³-hybridized carbons (Fsp3) is 0.0417. The van der Waals surface area contributed by atoms with E-state index in [1.807, 2.05) is 0 Å². The topological polar surface area (TPSA) is 16.4 Å². The lowest BCUT2D eigenvalue weighted by molar-refractivity contribution is 0.670. The molecule has 9 aromatic rings. The van der Waals surface area contributed by atoms with Crippen molar-refractivity contribution in [2.45, 2.75) is 13.1 Å². The van der Waals surface area contributed by atoms with E-state index in [1.165, 1.54) is 65.3 Å². The minimum atomic E-state index is -2.06. The summed E-state index contributed by atoms with van der Waals surface area (Å²) in [6.07, 6.45) is 0. The van der Waals surface area contributed by atoms with Gasteiger partial charge in [-0.05, 0) is 91.4 Å². The third-order valence-electron chi connectivity index (χ3n) is 10.9. The summed E-state index contributed by atoms with van der Waals surface area (Å²) in [6, 6.07) is 64.0. The van der Waals surface area contributed by atoms with E-state index in [4.69, 9.17) is 4.42 Å². The van der Waals surface area contributed by atoms with Crippen molar-refractivity contribution in [1.29, 1.82) is 0 Å². The summed E-state index contributed by atoms with van der Waals surface area (Å²) >= 11 is 0. The van der Waals surface area contributed by atoms with E-state index in [-0.39, 0.29) is 0 Å². The third-order valence-corrected chi connectivity index (χ3v) is 14.4.